The van der Waals surface area contributed by atoms with E-state index in [0.717, 1.165) is 16.9 Å². The largest absolute Gasteiger partial charge is 0.351 e. The fraction of sp³-hybridized carbons (Fsp3) is 0.389. The molecule has 1 N–H and O–H groups in total. The third-order valence-electron chi connectivity index (χ3n) is 4.96. The van der Waals surface area contributed by atoms with Crippen LogP contribution >= 0.6 is 11.3 Å². The minimum absolute atomic E-state index is 0.0359. The Bertz CT molecular complexity index is 911. The van der Waals surface area contributed by atoms with E-state index in [1.165, 1.54) is 35.6 Å². The number of carbonyl (C=O) groups excluding carboxylic acids is 1. The van der Waals surface area contributed by atoms with Crippen LogP contribution in [0.2, 0.25) is 0 Å². The van der Waals surface area contributed by atoms with Crippen molar-refractivity contribution in [3.05, 3.63) is 66.6 Å². The number of benzene rings is 1. The Labute approximate surface area is 165 Å². The first-order chi connectivity index (χ1) is 13.3. The van der Waals surface area contributed by atoms with Crippen molar-refractivity contribution in [3.8, 4) is 0 Å². The van der Waals surface area contributed by atoms with Gasteiger partial charge in [-0.1, -0.05) is 11.3 Å². The minimum atomic E-state index is -0.510. The van der Waals surface area contributed by atoms with Crippen LogP contribution in [0.5, 0.6) is 0 Å². The van der Waals surface area contributed by atoms with Gasteiger partial charge in [-0.2, -0.15) is 0 Å². The summed E-state index contributed by atoms with van der Waals surface area (Å²) in [6.45, 7) is 5.10. The summed E-state index contributed by atoms with van der Waals surface area (Å²) in [4.78, 5) is 36.3. The number of nitro benzene ring substituents is 1. The number of hydrogen-bond donors (Lipinski definition) is 1. The lowest BCUT2D eigenvalue weighted by Crippen LogP contribution is -2.44. The molecular formula is C18H20N4O5S. The first kappa shape index (κ1) is 19.9. The molecule has 0 radical (unpaired) electrons. The van der Waals surface area contributed by atoms with Gasteiger partial charge in [-0.15, -0.1) is 0 Å². The third kappa shape index (κ3) is 4.02. The number of non-ortho nitro benzene ring substituents is 1. The third-order valence-corrected chi connectivity index (χ3v) is 6.26. The van der Waals surface area contributed by atoms with Crippen molar-refractivity contribution >= 4 is 27.9 Å². The molecule has 0 spiro atoms. The molecule has 148 valence electrons. The highest BCUT2D eigenvalue weighted by Gasteiger charge is 2.32. The molecule has 10 heteroatoms. The van der Waals surface area contributed by atoms with Gasteiger partial charge in [-0.25, -0.2) is 0 Å². The van der Waals surface area contributed by atoms with E-state index in [1.807, 2.05) is 6.92 Å². The summed E-state index contributed by atoms with van der Waals surface area (Å²) in [6.07, 6.45) is 0.736. The second kappa shape index (κ2) is 8.03. The maximum absolute atomic E-state index is 12.2. The predicted octanol–water partition coefficient (Wildman–Crippen LogP) is 3.30. The van der Waals surface area contributed by atoms with Gasteiger partial charge in [0.15, 0.2) is 0 Å². The highest BCUT2D eigenvalue weighted by atomic mass is 32.1. The number of nitrogens with zero attached hydrogens (tertiary/aromatic N) is 3. The molecule has 1 aliphatic heterocycles. The van der Waals surface area contributed by atoms with Gasteiger partial charge in [0.25, 0.3) is 11.6 Å². The highest BCUT2D eigenvalue weighted by molar-refractivity contribution is 7.15. The molecule has 0 bridgehead atoms. The molecule has 1 aromatic carbocycles. The number of amides is 1. The van der Waals surface area contributed by atoms with Gasteiger partial charge in [0.1, 0.15) is 0 Å². The maximum Gasteiger partial charge on any atom is 0.324 e. The molecule has 1 amide bonds. The van der Waals surface area contributed by atoms with Crippen LogP contribution in [0, 0.1) is 20.2 Å². The Morgan fingerprint density at radius 3 is 2.50 bits per heavy atom. The van der Waals surface area contributed by atoms with Crippen molar-refractivity contribution in [3.63, 3.8) is 0 Å². The van der Waals surface area contributed by atoms with E-state index in [0.29, 0.717) is 18.7 Å². The monoisotopic (exact) mass is 404 g/mol. The number of nitrogens with one attached hydrogen (secondary N) is 1. The normalized spacial score (nSPS) is 19.1. The molecular weight excluding hydrogens is 384 g/mol. The van der Waals surface area contributed by atoms with E-state index < -0.39 is 4.92 Å². The van der Waals surface area contributed by atoms with Gasteiger partial charge in [-0.05, 0) is 38.0 Å². The zero-order valence-corrected chi connectivity index (χ0v) is 16.3. The molecule has 0 aliphatic carbocycles. The van der Waals surface area contributed by atoms with E-state index in [9.17, 15) is 25.0 Å². The van der Waals surface area contributed by atoms with Crippen LogP contribution < -0.4 is 5.32 Å². The van der Waals surface area contributed by atoms with Crippen molar-refractivity contribution in [1.29, 1.82) is 0 Å². The van der Waals surface area contributed by atoms with Crippen LogP contribution in [0.25, 0.3) is 0 Å². The molecule has 2 unspecified atom stereocenters. The Balaban J connectivity index is 1.60. The number of rotatable bonds is 6. The Morgan fingerprint density at radius 2 is 1.89 bits per heavy atom. The van der Waals surface area contributed by atoms with Crippen LogP contribution in [0.15, 0.2) is 30.3 Å². The van der Waals surface area contributed by atoms with Crippen LogP contribution in [0.3, 0.4) is 0 Å². The standard InChI is InChI=1S/C18H20N4O5S/c1-11-9-14-10-16(22(26)27)28-17(14)12(2)20(11)8-7-19-18(23)13-3-5-15(6-4-13)21(24)25/h3-6,10-12H,7-9H2,1-2H3,(H,19,23). The molecule has 1 aromatic heterocycles. The molecule has 0 saturated carbocycles. The lowest BCUT2D eigenvalue weighted by molar-refractivity contribution is -0.384. The quantitative estimate of drug-likeness (QED) is 0.583. The smallest absolute Gasteiger partial charge is 0.324 e. The highest BCUT2D eigenvalue weighted by Crippen LogP contribution is 2.40. The van der Waals surface area contributed by atoms with Crippen molar-refractivity contribution in [2.45, 2.75) is 32.4 Å². The van der Waals surface area contributed by atoms with E-state index in [4.69, 9.17) is 0 Å². The fourth-order valence-corrected chi connectivity index (χ4v) is 4.63. The molecule has 2 atom stereocenters. The van der Waals surface area contributed by atoms with Gasteiger partial charge in [0, 0.05) is 53.8 Å². The van der Waals surface area contributed by atoms with Gasteiger partial charge in [0.2, 0.25) is 0 Å². The summed E-state index contributed by atoms with van der Waals surface area (Å²) in [5.74, 6) is -0.292. The molecule has 0 fully saturated rings. The molecule has 28 heavy (non-hydrogen) atoms. The van der Waals surface area contributed by atoms with Crippen LogP contribution in [0.4, 0.5) is 10.7 Å². The van der Waals surface area contributed by atoms with E-state index >= 15 is 0 Å². The summed E-state index contributed by atoms with van der Waals surface area (Å²) >= 11 is 1.21. The lowest BCUT2D eigenvalue weighted by Gasteiger charge is -2.38. The Hall–Kier alpha value is -2.85. The summed E-state index contributed by atoms with van der Waals surface area (Å²) < 4.78 is 0. The number of thiophene rings is 1. The molecule has 2 aromatic rings. The summed E-state index contributed by atoms with van der Waals surface area (Å²) in [5.41, 5.74) is 1.33. The Kier molecular flexibility index (Phi) is 5.71. The SMILES string of the molecule is CC1Cc2cc([N+](=O)[O-])sc2C(C)N1CCNC(=O)c1ccc([N+](=O)[O-])cc1. The number of nitro groups is 2. The number of fused-ring (bicyclic) bond motifs is 1. The van der Waals surface area contributed by atoms with Crippen molar-refractivity contribution in [2.75, 3.05) is 13.1 Å². The van der Waals surface area contributed by atoms with Crippen molar-refractivity contribution in [2.24, 2.45) is 0 Å². The average molecular weight is 404 g/mol. The topological polar surface area (TPSA) is 119 Å². The summed E-state index contributed by atoms with van der Waals surface area (Å²) in [5, 5.41) is 24.7. The van der Waals surface area contributed by atoms with Gasteiger partial charge in [0.05, 0.1) is 9.85 Å². The van der Waals surface area contributed by atoms with Crippen molar-refractivity contribution < 1.29 is 14.6 Å². The molecule has 1 aliphatic rings. The molecule has 9 nitrogen and oxygen atoms in total. The Morgan fingerprint density at radius 1 is 1.21 bits per heavy atom. The predicted molar refractivity (Wildman–Crippen MR) is 105 cm³/mol. The average Bonchev–Trinajstić information content (AvgIpc) is 3.08. The summed E-state index contributed by atoms with van der Waals surface area (Å²) in [7, 11) is 0. The fourth-order valence-electron chi connectivity index (χ4n) is 3.55. The van der Waals surface area contributed by atoms with E-state index in [-0.39, 0.29) is 33.6 Å². The van der Waals surface area contributed by atoms with Crippen LogP contribution in [-0.2, 0) is 6.42 Å². The van der Waals surface area contributed by atoms with Gasteiger partial charge >= 0.3 is 5.00 Å². The second-order valence-electron chi connectivity index (χ2n) is 6.76. The minimum Gasteiger partial charge on any atom is -0.351 e. The zero-order valence-electron chi connectivity index (χ0n) is 15.5. The van der Waals surface area contributed by atoms with Gasteiger partial charge < -0.3 is 5.32 Å². The molecule has 0 saturated heterocycles. The zero-order chi connectivity index (χ0) is 20.4. The molecule has 3 rings (SSSR count). The molecule has 2 heterocycles. The van der Waals surface area contributed by atoms with Crippen LogP contribution in [0.1, 0.15) is 40.7 Å². The van der Waals surface area contributed by atoms with Gasteiger partial charge in [-0.3, -0.25) is 29.9 Å². The number of hydrogen-bond acceptors (Lipinski definition) is 7. The number of carbonyl (C=O) groups is 1. The maximum atomic E-state index is 12.2. The lowest BCUT2D eigenvalue weighted by atomic mass is 9.96. The van der Waals surface area contributed by atoms with E-state index in [2.05, 4.69) is 17.1 Å². The first-order valence-corrected chi connectivity index (χ1v) is 9.65. The van der Waals surface area contributed by atoms with Crippen LogP contribution in [-0.4, -0.2) is 39.8 Å². The second-order valence-corrected chi connectivity index (χ2v) is 7.82. The van der Waals surface area contributed by atoms with E-state index in [1.54, 1.807) is 6.07 Å². The first-order valence-electron chi connectivity index (χ1n) is 8.83. The summed E-state index contributed by atoms with van der Waals surface area (Å²) in [6, 6.07) is 7.36. The van der Waals surface area contributed by atoms with Crippen molar-refractivity contribution in [1.82, 2.24) is 10.2 Å².